The average Bonchev–Trinajstić information content (AvgIpc) is 2.75. The Labute approximate surface area is 104 Å². The first-order valence-corrected chi connectivity index (χ1v) is 4.98. The molecule has 0 saturated carbocycles. The van der Waals surface area contributed by atoms with Crippen LogP contribution in [-0.4, -0.2) is 14.5 Å². The van der Waals surface area contributed by atoms with E-state index < -0.39 is 11.7 Å². The van der Waals surface area contributed by atoms with Crippen LogP contribution in [0.1, 0.15) is 11.4 Å². The maximum atomic E-state index is 12.4. The molecule has 0 aliphatic heterocycles. The van der Waals surface area contributed by atoms with Crippen molar-refractivity contribution in [3.8, 4) is 11.9 Å². The van der Waals surface area contributed by atoms with Crippen molar-refractivity contribution >= 4 is 11.6 Å². The molecule has 0 atom stereocenters. The van der Waals surface area contributed by atoms with Crippen molar-refractivity contribution in [1.29, 1.82) is 5.26 Å². The predicted molar refractivity (Wildman–Crippen MR) is 56.1 cm³/mol. The van der Waals surface area contributed by atoms with Crippen LogP contribution in [0.25, 0.3) is 5.82 Å². The van der Waals surface area contributed by atoms with Gasteiger partial charge in [0.25, 0.3) is 0 Å². The molecule has 0 saturated heterocycles. The lowest BCUT2D eigenvalue weighted by Crippen LogP contribution is -2.08. The van der Waals surface area contributed by atoms with Crippen LogP contribution in [0.15, 0.2) is 24.7 Å². The fourth-order valence-corrected chi connectivity index (χ4v) is 1.58. The second-order valence-electron chi connectivity index (χ2n) is 3.26. The van der Waals surface area contributed by atoms with Gasteiger partial charge < -0.3 is 0 Å². The van der Waals surface area contributed by atoms with Crippen LogP contribution in [0.4, 0.5) is 13.2 Å². The molecule has 8 heteroatoms. The summed E-state index contributed by atoms with van der Waals surface area (Å²) in [6.07, 6.45) is -1.14. The number of nitrogens with zero attached hydrogens (tertiary/aromatic N) is 4. The maximum Gasteiger partial charge on any atom is 0.417 e. The third kappa shape index (κ3) is 2.15. The first-order valence-electron chi connectivity index (χ1n) is 4.60. The maximum absolute atomic E-state index is 12.4. The van der Waals surface area contributed by atoms with Crippen molar-refractivity contribution in [2.75, 3.05) is 0 Å². The molecule has 0 aliphatic rings. The standard InChI is InChI=1S/C10H4ClF3N4/c11-7-3-6(10(12,13)14)5-17-9(7)18-2-1-16-8(18)4-15/h1-3,5H. The Morgan fingerprint density at radius 2 is 2.06 bits per heavy atom. The third-order valence-corrected chi connectivity index (χ3v) is 2.40. The minimum absolute atomic E-state index is 0.0100. The lowest BCUT2D eigenvalue weighted by molar-refractivity contribution is -0.137. The molecular formula is C10H4ClF3N4. The number of imidazole rings is 1. The van der Waals surface area contributed by atoms with Gasteiger partial charge in [0.15, 0.2) is 5.82 Å². The van der Waals surface area contributed by atoms with E-state index in [1.54, 1.807) is 6.07 Å². The number of pyridine rings is 1. The molecule has 0 amide bonds. The Morgan fingerprint density at radius 1 is 1.33 bits per heavy atom. The van der Waals surface area contributed by atoms with Crippen LogP contribution in [0.2, 0.25) is 5.02 Å². The fourth-order valence-electron chi connectivity index (χ4n) is 1.32. The van der Waals surface area contributed by atoms with E-state index in [0.717, 1.165) is 6.07 Å². The second kappa shape index (κ2) is 4.31. The van der Waals surface area contributed by atoms with Crippen LogP contribution in [0.5, 0.6) is 0 Å². The van der Waals surface area contributed by atoms with Crippen LogP contribution >= 0.6 is 11.6 Å². The summed E-state index contributed by atoms with van der Waals surface area (Å²) in [5.41, 5.74) is -0.949. The van der Waals surface area contributed by atoms with E-state index in [9.17, 15) is 13.2 Å². The van der Waals surface area contributed by atoms with E-state index in [1.165, 1.54) is 17.0 Å². The largest absolute Gasteiger partial charge is 0.417 e. The molecule has 0 bridgehead atoms. The summed E-state index contributed by atoms with van der Waals surface area (Å²) in [5.74, 6) is 0.0166. The van der Waals surface area contributed by atoms with Crippen LogP contribution in [-0.2, 0) is 6.18 Å². The Morgan fingerprint density at radius 3 is 2.61 bits per heavy atom. The summed E-state index contributed by atoms with van der Waals surface area (Å²) in [7, 11) is 0. The van der Waals surface area contributed by atoms with E-state index in [1.807, 2.05) is 0 Å². The summed E-state index contributed by atoms with van der Waals surface area (Å²) in [6, 6.07) is 2.53. The van der Waals surface area contributed by atoms with Crippen LogP contribution in [0, 0.1) is 11.3 Å². The number of rotatable bonds is 1. The zero-order valence-corrected chi connectivity index (χ0v) is 9.37. The van der Waals surface area contributed by atoms with Gasteiger partial charge in [0, 0.05) is 18.6 Å². The summed E-state index contributed by atoms with van der Waals surface area (Å²) < 4.78 is 38.5. The van der Waals surface area contributed by atoms with E-state index >= 15 is 0 Å². The molecule has 2 aromatic heterocycles. The van der Waals surface area contributed by atoms with E-state index in [-0.39, 0.29) is 16.7 Å². The minimum atomic E-state index is -4.51. The number of halogens is 4. The number of hydrogen-bond acceptors (Lipinski definition) is 3. The van der Waals surface area contributed by atoms with Gasteiger partial charge in [0.2, 0.25) is 5.82 Å². The molecular weight excluding hydrogens is 269 g/mol. The monoisotopic (exact) mass is 272 g/mol. The summed E-state index contributed by atoms with van der Waals surface area (Å²) >= 11 is 5.74. The molecule has 2 rings (SSSR count). The van der Waals surface area contributed by atoms with E-state index in [2.05, 4.69) is 9.97 Å². The molecule has 0 aromatic carbocycles. The molecule has 4 nitrogen and oxygen atoms in total. The van der Waals surface area contributed by atoms with Gasteiger partial charge in [-0.25, -0.2) is 9.97 Å². The first kappa shape index (κ1) is 12.4. The molecule has 18 heavy (non-hydrogen) atoms. The zero-order valence-electron chi connectivity index (χ0n) is 8.61. The summed E-state index contributed by atoms with van der Waals surface area (Å²) in [4.78, 5) is 7.32. The third-order valence-electron chi connectivity index (χ3n) is 2.12. The first-order chi connectivity index (χ1) is 8.43. The summed E-state index contributed by atoms with van der Waals surface area (Å²) in [6.45, 7) is 0. The molecule has 0 radical (unpaired) electrons. The Bertz CT molecular complexity index is 627. The van der Waals surface area contributed by atoms with Gasteiger partial charge >= 0.3 is 6.18 Å². The molecule has 92 valence electrons. The highest BCUT2D eigenvalue weighted by atomic mass is 35.5. The fraction of sp³-hybridized carbons (Fsp3) is 0.100. The van der Waals surface area contributed by atoms with Crippen molar-refractivity contribution in [2.45, 2.75) is 6.18 Å². The van der Waals surface area contributed by atoms with Crippen molar-refractivity contribution in [3.63, 3.8) is 0 Å². The van der Waals surface area contributed by atoms with Crippen molar-refractivity contribution < 1.29 is 13.2 Å². The number of hydrogen-bond donors (Lipinski definition) is 0. The van der Waals surface area contributed by atoms with E-state index in [4.69, 9.17) is 16.9 Å². The smallest absolute Gasteiger partial charge is 0.274 e. The molecule has 0 fully saturated rings. The van der Waals surface area contributed by atoms with E-state index in [0.29, 0.717) is 6.20 Å². The van der Waals surface area contributed by atoms with Crippen molar-refractivity contribution in [2.24, 2.45) is 0 Å². The normalized spacial score (nSPS) is 11.3. The molecule has 2 aromatic rings. The highest BCUT2D eigenvalue weighted by Crippen LogP contribution is 2.32. The summed E-state index contributed by atoms with van der Waals surface area (Å²) in [5, 5.41) is 8.55. The van der Waals surface area contributed by atoms with Crippen molar-refractivity contribution in [3.05, 3.63) is 41.1 Å². The lowest BCUT2D eigenvalue weighted by atomic mass is 10.3. The number of aromatic nitrogens is 3. The molecule has 2 heterocycles. The number of nitriles is 1. The van der Waals surface area contributed by atoms with Gasteiger partial charge in [-0.15, -0.1) is 0 Å². The highest BCUT2D eigenvalue weighted by Gasteiger charge is 2.31. The molecule has 0 unspecified atom stereocenters. The molecule has 0 aliphatic carbocycles. The SMILES string of the molecule is N#Cc1nccn1-c1ncc(C(F)(F)F)cc1Cl. The van der Waals surface area contributed by atoms with Gasteiger partial charge in [0.05, 0.1) is 10.6 Å². The zero-order chi connectivity index (χ0) is 13.3. The molecule has 0 spiro atoms. The van der Waals surface area contributed by atoms with Gasteiger partial charge in [0.1, 0.15) is 6.07 Å². The van der Waals surface area contributed by atoms with Gasteiger partial charge in [-0.2, -0.15) is 18.4 Å². The van der Waals surface area contributed by atoms with Crippen LogP contribution < -0.4 is 0 Å². The van der Waals surface area contributed by atoms with Gasteiger partial charge in [-0.1, -0.05) is 11.6 Å². The van der Waals surface area contributed by atoms with Gasteiger partial charge in [-0.05, 0) is 6.07 Å². The number of alkyl halides is 3. The quantitative estimate of drug-likeness (QED) is 0.802. The van der Waals surface area contributed by atoms with Crippen LogP contribution in [0.3, 0.4) is 0 Å². The topological polar surface area (TPSA) is 54.5 Å². The van der Waals surface area contributed by atoms with Gasteiger partial charge in [-0.3, -0.25) is 4.57 Å². The van der Waals surface area contributed by atoms with Crippen molar-refractivity contribution in [1.82, 2.24) is 14.5 Å². The Hall–Kier alpha value is -2.07. The Balaban J connectivity index is 2.53. The predicted octanol–water partition coefficient (Wildman–Crippen LogP) is 2.81. The average molecular weight is 273 g/mol. The lowest BCUT2D eigenvalue weighted by Gasteiger charge is -2.09. The Kier molecular flexibility index (Phi) is 2.97. The highest BCUT2D eigenvalue weighted by molar-refractivity contribution is 6.32. The second-order valence-corrected chi connectivity index (χ2v) is 3.67. The molecule has 0 N–H and O–H groups in total. The minimum Gasteiger partial charge on any atom is -0.274 e.